The first-order valence-electron chi connectivity index (χ1n) is 6.27. The SMILES string of the molecule is CN(C)c1cccc(-c2nc(-c3ccccn3)no2)c1. The van der Waals surface area contributed by atoms with Crippen molar-refractivity contribution in [2.45, 2.75) is 0 Å². The van der Waals surface area contributed by atoms with Crippen molar-refractivity contribution in [2.24, 2.45) is 0 Å². The monoisotopic (exact) mass is 266 g/mol. The average Bonchev–Trinajstić information content (AvgIpc) is 2.98. The van der Waals surface area contributed by atoms with Crippen molar-refractivity contribution >= 4 is 5.69 Å². The molecule has 3 rings (SSSR count). The van der Waals surface area contributed by atoms with Crippen LogP contribution >= 0.6 is 0 Å². The minimum absolute atomic E-state index is 0.495. The highest BCUT2D eigenvalue weighted by Crippen LogP contribution is 2.24. The van der Waals surface area contributed by atoms with E-state index in [1.807, 2.05) is 61.5 Å². The second kappa shape index (κ2) is 5.13. The molecule has 0 saturated heterocycles. The van der Waals surface area contributed by atoms with E-state index < -0.39 is 0 Å². The average molecular weight is 266 g/mol. The molecule has 1 aromatic carbocycles. The van der Waals surface area contributed by atoms with Crippen molar-refractivity contribution in [3.8, 4) is 23.0 Å². The number of rotatable bonds is 3. The quantitative estimate of drug-likeness (QED) is 0.729. The molecule has 0 amide bonds. The Bertz CT molecular complexity index is 707. The summed E-state index contributed by atoms with van der Waals surface area (Å²) in [6.45, 7) is 0. The second-order valence-corrected chi connectivity index (χ2v) is 4.58. The number of aromatic nitrogens is 3. The lowest BCUT2D eigenvalue weighted by Crippen LogP contribution is -2.08. The predicted octanol–water partition coefficient (Wildman–Crippen LogP) is 2.86. The van der Waals surface area contributed by atoms with Crippen molar-refractivity contribution in [1.29, 1.82) is 0 Å². The summed E-state index contributed by atoms with van der Waals surface area (Å²) < 4.78 is 5.32. The molecule has 0 aliphatic carbocycles. The number of hydrogen-bond donors (Lipinski definition) is 0. The smallest absolute Gasteiger partial charge is 0.258 e. The number of benzene rings is 1. The molecule has 0 radical (unpaired) electrons. The maximum absolute atomic E-state index is 5.32. The molecule has 0 aliphatic heterocycles. The van der Waals surface area contributed by atoms with Crippen LogP contribution in [0.2, 0.25) is 0 Å². The van der Waals surface area contributed by atoms with Crippen LogP contribution < -0.4 is 4.90 Å². The van der Waals surface area contributed by atoms with Crippen molar-refractivity contribution in [2.75, 3.05) is 19.0 Å². The largest absolute Gasteiger partial charge is 0.378 e. The summed E-state index contributed by atoms with van der Waals surface area (Å²) in [5, 5.41) is 3.98. The van der Waals surface area contributed by atoms with Crippen molar-refractivity contribution in [3.05, 3.63) is 48.7 Å². The Labute approximate surface area is 116 Å². The topological polar surface area (TPSA) is 55.1 Å². The summed E-state index contributed by atoms with van der Waals surface area (Å²) in [6, 6.07) is 13.5. The zero-order valence-corrected chi connectivity index (χ0v) is 11.3. The maximum atomic E-state index is 5.32. The van der Waals surface area contributed by atoms with E-state index in [0.717, 1.165) is 11.3 Å². The third-order valence-corrected chi connectivity index (χ3v) is 2.93. The van der Waals surface area contributed by atoms with Gasteiger partial charge in [-0.1, -0.05) is 17.3 Å². The van der Waals surface area contributed by atoms with Gasteiger partial charge in [0.15, 0.2) is 0 Å². The highest BCUT2D eigenvalue weighted by atomic mass is 16.5. The van der Waals surface area contributed by atoms with Crippen LogP contribution in [0, 0.1) is 0 Å². The van der Waals surface area contributed by atoms with Gasteiger partial charge in [0.1, 0.15) is 5.69 Å². The molecule has 3 aromatic rings. The standard InChI is InChI=1S/C15H14N4O/c1-19(2)12-7-5-6-11(10-12)15-17-14(18-20-15)13-8-3-4-9-16-13/h3-10H,1-2H3. The van der Waals surface area contributed by atoms with Gasteiger partial charge in [-0.25, -0.2) is 0 Å². The molecule has 100 valence electrons. The van der Waals surface area contributed by atoms with E-state index in [4.69, 9.17) is 4.52 Å². The zero-order chi connectivity index (χ0) is 13.9. The Morgan fingerprint density at radius 3 is 2.70 bits per heavy atom. The van der Waals surface area contributed by atoms with E-state index in [1.54, 1.807) is 6.20 Å². The fraction of sp³-hybridized carbons (Fsp3) is 0.133. The molecule has 0 N–H and O–H groups in total. The van der Waals surface area contributed by atoms with Crippen LogP contribution in [0.3, 0.4) is 0 Å². The Morgan fingerprint density at radius 2 is 1.95 bits per heavy atom. The normalized spacial score (nSPS) is 10.5. The van der Waals surface area contributed by atoms with E-state index in [2.05, 4.69) is 15.1 Å². The van der Waals surface area contributed by atoms with Gasteiger partial charge in [-0.05, 0) is 30.3 Å². The second-order valence-electron chi connectivity index (χ2n) is 4.58. The van der Waals surface area contributed by atoms with Gasteiger partial charge in [0.05, 0.1) is 0 Å². The number of nitrogens with zero attached hydrogens (tertiary/aromatic N) is 4. The van der Waals surface area contributed by atoms with E-state index in [0.29, 0.717) is 17.4 Å². The van der Waals surface area contributed by atoms with Crippen LogP contribution in [0.4, 0.5) is 5.69 Å². The van der Waals surface area contributed by atoms with Gasteiger partial charge in [0, 0.05) is 31.5 Å². The summed E-state index contributed by atoms with van der Waals surface area (Å²) in [5.74, 6) is 0.991. The first-order valence-corrected chi connectivity index (χ1v) is 6.27. The fourth-order valence-corrected chi connectivity index (χ4v) is 1.86. The summed E-state index contributed by atoms with van der Waals surface area (Å²) in [4.78, 5) is 10.6. The van der Waals surface area contributed by atoms with Crippen molar-refractivity contribution in [1.82, 2.24) is 15.1 Å². The minimum atomic E-state index is 0.495. The molecule has 0 spiro atoms. The van der Waals surface area contributed by atoms with Crippen LogP contribution in [0.1, 0.15) is 0 Å². The van der Waals surface area contributed by atoms with Gasteiger partial charge in [-0.2, -0.15) is 4.98 Å². The molecular formula is C15H14N4O. The Hall–Kier alpha value is -2.69. The third-order valence-electron chi connectivity index (χ3n) is 2.93. The van der Waals surface area contributed by atoms with Gasteiger partial charge in [0.25, 0.3) is 5.89 Å². The molecule has 0 fully saturated rings. The molecule has 20 heavy (non-hydrogen) atoms. The van der Waals surface area contributed by atoms with Crippen molar-refractivity contribution in [3.63, 3.8) is 0 Å². The lowest BCUT2D eigenvalue weighted by molar-refractivity contribution is 0.432. The van der Waals surface area contributed by atoms with Gasteiger partial charge in [-0.15, -0.1) is 0 Å². The molecule has 0 saturated carbocycles. The minimum Gasteiger partial charge on any atom is -0.378 e. The van der Waals surface area contributed by atoms with Crippen LogP contribution in [0.5, 0.6) is 0 Å². The molecule has 0 bridgehead atoms. The molecule has 0 aliphatic rings. The maximum Gasteiger partial charge on any atom is 0.258 e. The van der Waals surface area contributed by atoms with Crippen LogP contribution in [0.25, 0.3) is 23.0 Å². The molecule has 2 aromatic heterocycles. The van der Waals surface area contributed by atoms with Crippen LogP contribution in [-0.2, 0) is 0 Å². The molecular weight excluding hydrogens is 252 g/mol. The Balaban J connectivity index is 1.96. The highest BCUT2D eigenvalue weighted by Gasteiger charge is 2.11. The van der Waals surface area contributed by atoms with Gasteiger partial charge in [-0.3, -0.25) is 4.98 Å². The Morgan fingerprint density at radius 1 is 1.05 bits per heavy atom. The summed E-state index contributed by atoms with van der Waals surface area (Å²) >= 11 is 0. The van der Waals surface area contributed by atoms with E-state index in [1.165, 1.54) is 0 Å². The van der Waals surface area contributed by atoms with Gasteiger partial charge in [0.2, 0.25) is 5.82 Å². The number of pyridine rings is 1. The number of hydrogen-bond acceptors (Lipinski definition) is 5. The van der Waals surface area contributed by atoms with Crippen LogP contribution in [-0.4, -0.2) is 29.2 Å². The zero-order valence-electron chi connectivity index (χ0n) is 11.3. The fourth-order valence-electron chi connectivity index (χ4n) is 1.86. The molecule has 5 nitrogen and oxygen atoms in total. The number of anilines is 1. The molecule has 2 heterocycles. The van der Waals surface area contributed by atoms with E-state index in [9.17, 15) is 0 Å². The van der Waals surface area contributed by atoms with Gasteiger partial charge < -0.3 is 9.42 Å². The van der Waals surface area contributed by atoms with E-state index >= 15 is 0 Å². The molecule has 0 atom stereocenters. The lowest BCUT2D eigenvalue weighted by atomic mass is 10.2. The predicted molar refractivity (Wildman–Crippen MR) is 77.3 cm³/mol. The molecule has 5 heteroatoms. The highest BCUT2D eigenvalue weighted by molar-refractivity contribution is 5.63. The van der Waals surface area contributed by atoms with Crippen molar-refractivity contribution < 1.29 is 4.52 Å². The summed E-state index contributed by atoms with van der Waals surface area (Å²) in [6.07, 6.45) is 1.71. The Kier molecular flexibility index (Phi) is 3.16. The molecule has 0 unspecified atom stereocenters. The summed E-state index contributed by atoms with van der Waals surface area (Å²) in [7, 11) is 3.98. The van der Waals surface area contributed by atoms with Crippen LogP contribution in [0.15, 0.2) is 53.2 Å². The van der Waals surface area contributed by atoms with Gasteiger partial charge >= 0.3 is 0 Å². The first kappa shape index (κ1) is 12.3. The lowest BCUT2D eigenvalue weighted by Gasteiger charge is -2.12. The third kappa shape index (κ3) is 2.38. The first-order chi connectivity index (χ1) is 9.74. The summed E-state index contributed by atoms with van der Waals surface area (Å²) in [5.41, 5.74) is 2.68. The van der Waals surface area contributed by atoms with E-state index in [-0.39, 0.29) is 0 Å².